The molecule has 88 valence electrons. The van der Waals surface area contributed by atoms with Crippen LogP contribution >= 0.6 is 11.6 Å². The zero-order chi connectivity index (χ0) is 11.4. The fourth-order valence-electron chi connectivity index (χ4n) is 1.32. The van der Waals surface area contributed by atoms with E-state index in [4.69, 9.17) is 25.8 Å². The summed E-state index contributed by atoms with van der Waals surface area (Å²) in [6.07, 6.45) is 0.806. The van der Waals surface area contributed by atoms with Crippen LogP contribution in [0.25, 0.3) is 0 Å². The van der Waals surface area contributed by atoms with Gasteiger partial charge in [0, 0.05) is 6.42 Å². The second-order valence-electron chi connectivity index (χ2n) is 3.21. The minimum Gasteiger partial charge on any atom is -0.464 e. The van der Waals surface area contributed by atoms with Gasteiger partial charge < -0.3 is 14.2 Å². The van der Waals surface area contributed by atoms with Gasteiger partial charge in [-0.15, -0.1) is 4.98 Å². The van der Waals surface area contributed by atoms with Crippen LogP contribution in [-0.4, -0.2) is 40.9 Å². The summed E-state index contributed by atoms with van der Waals surface area (Å²) in [4.78, 5) is 11.7. The largest absolute Gasteiger partial charge is 0.464 e. The molecule has 0 spiro atoms. The van der Waals surface area contributed by atoms with E-state index < -0.39 is 0 Å². The Hall–Kier alpha value is -1.14. The van der Waals surface area contributed by atoms with Gasteiger partial charge in [0.05, 0.1) is 19.8 Å². The third-order valence-electron chi connectivity index (χ3n) is 2.00. The van der Waals surface area contributed by atoms with E-state index in [9.17, 15) is 0 Å². The molecule has 6 nitrogen and oxygen atoms in total. The van der Waals surface area contributed by atoms with Crippen LogP contribution < -0.4 is 9.47 Å². The lowest BCUT2D eigenvalue weighted by Gasteiger charge is -2.10. The van der Waals surface area contributed by atoms with E-state index in [2.05, 4.69) is 15.0 Å². The normalized spacial score (nSPS) is 19.8. The van der Waals surface area contributed by atoms with E-state index in [1.165, 1.54) is 0 Å². The van der Waals surface area contributed by atoms with Crippen molar-refractivity contribution in [1.82, 2.24) is 15.0 Å². The molecule has 2 heterocycles. The monoisotopic (exact) mass is 245 g/mol. The molecule has 0 radical (unpaired) electrons. The van der Waals surface area contributed by atoms with Crippen LogP contribution in [0.5, 0.6) is 12.0 Å². The minimum atomic E-state index is -0.0204. The lowest BCUT2D eigenvalue weighted by molar-refractivity contribution is 0.132. The molecule has 0 saturated carbocycles. The molecule has 1 unspecified atom stereocenters. The molecular formula is C9H12ClN3O3. The first-order chi connectivity index (χ1) is 7.78. The van der Waals surface area contributed by atoms with E-state index in [1.807, 2.05) is 6.92 Å². The molecule has 1 atom stereocenters. The fourth-order valence-corrected chi connectivity index (χ4v) is 1.46. The number of hydrogen-bond acceptors (Lipinski definition) is 6. The SMILES string of the molecule is CCOc1nc(Cl)nc(OC2CCOC2)n1. The van der Waals surface area contributed by atoms with Gasteiger partial charge in [0.25, 0.3) is 0 Å². The zero-order valence-corrected chi connectivity index (χ0v) is 9.61. The van der Waals surface area contributed by atoms with Crippen molar-refractivity contribution in [1.29, 1.82) is 0 Å². The molecule has 1 aliphatic rings. The highest BCUT2D eigenvalue weighted by Crippen LogP contribution is 2.16. The third kappa shape index (κ3) is 2.93. The van der Waals surface area contributed by atoms with Crippen molar-refractivity contribution >= 4 is 11.6 Å². The van der Waals surface area contributed by atoms with Gasteiger partial charge in [0.15, 0.2) is 0 Å². The Kier molecular flexibility index (Phi) is 3.74. The smallest absolute Gasteiger partial charge is 0.324 e. The Bertz CT molecular complexity index is 358. The lowest BCUT2D eigenvalue weighted by Crippen LogP contribution is -2.17. The molecule has 1 aromatic rings. The van der Waals surface area contributed by atoms with Gasteiger partial charge in [-0.1, -0.05) is 0 Å². The van der Waals surface area contributed by atoms with Gasteiger partial charge in [-0.05, 0) is 18.5 Å². The second kappa shape index (κ2) is 5.27. The summed E-state index contributed by atoms with van der Waals surface area (Å²) in [6.45, 7) is 3.55. The maximum absolute atomic E-state index is 5.72. The van der Waals surface area contributed by atoms with Crippen LogP contribution in [0.4, 0.5) is 0 Å². The van der Waals surface area contributed by atoms with E-state index in [0.29, 0.717) is 19.8 Å². The van der Waals surface area contributed by atoms with Crippen LogP contribution in [0, 0.1) is 0 Å². The predicted octanol–water partition coefficient (Wildman–Crippen LogP) is 1.09. The van der Waals surface area contributed by atoms with Gasteiger partial charge in [0.1, 0.15) is 6.10 Å². The first-order valence-corrected chi connectivity index (χ1v) is 5.44. The van der Waals surface area contributed by atoms with Crippen molar-refractivity contribution in [3.05, 3.63) is 5.28 Å². The first kappa shape index (κ1) is 11.3. The average molecular weight is 246 g/mol. The Labute approximate surface area is 97.9 Å². The van der Waals surface area contributed by atoms with Gasteiger partial charge in [-0.25, -0.2) is 0 Å². The number of halogens is 1. The minimum absolute atomic E-state index is 0.0204. The molecule has 0 N–H and O–H groups in total. The van der Waals surface area contributed by atoms with E-state index >= 15 is 0 Å². The van der Waals surface area contributed by atoms with Gasteiger partial charge in [0.2, 0.25) is 5.28 Å². The summed E-state index contributed by atoms with van der Waals surface area (Å²) < 4.78 is 15.8. The van der Waals surface area contributed by atoms with Crippen LogP contribution in [0.2, 0.25) is 5.28 Å². The average Bonchev–Trinajstić information content (AvgIpc) is 2.70. The Balaban J connectivity index is 2.06. The summed E-state index contributed by atoms with van der Waals surface area (Å²) in [5, 5.41) is 0.0624. The first-order valence-electron chi connectivity index (χ1n) is 5.06. The highest BCUT2D eigenvalue weighted by molar-refractivity contribution is 6.28. The molecule has 0 aromatic carbocycles. The number of ether oxygens (including phenoxy) is 3. The van der Waals surface area contributed by atoms with Crippen molar-refractivity contribution in [3.63, 3.8) is 0 Å². The van der Waals surface area contributed by atoms with Gasteiger partial charge in [-0.3, -0.25) is 0 Å². The molecule has 1 fully saturated rings. The summed E-state index contributed by atoms with van der Waals surface area (Å²) in [7, 11) is 0. The highest BCUT2D eigenvalue weighted by Gasteiger charge is 2.19. The molecule has 1 aromatic heterocycles. The molecule has 0 aliphatic carbocycles. The second-order valence-corrected chi connectivity index (χ2v) is 3.54. The molecule has 2 rings (SSSR count). The standard InChI is InChI=1S/C9H12ClN3O3/c1-2-15-8-11-7(10)12-9(13-8)16-6-3-4-14-5-6/h6H,2-5H2,1H3. The fraction of sp³-hybridized carbons (Fsp3) is 0.667. The molecular weight excluding hydrogens is 234 g/mol. The van der Waals surface area contributed by atoms with Crippen molar-refractivity contribution in [2.75, 3.05) is 19.8 Å². The Morgan fingerprint density at radius 1 is 1.38 bits per heavy atom. The molecule has 0 amide bonds. The summed E-state index contributed by atoms with van der Waals surface area (Å²) >= 11 is 5.72. The van der Waals surface area contributed by atoms with Gasteiger partial charge >= 0.3 is 12.0 Å². The van der Waals surface area contributed by atoms with Crippen LogP contribution in [0.1, 0.15) is 13.3 Å². The van der Waals surface area contributed by atoms with E-state index in [0.717, 1.165) is 6.42 Å². The van der Waals surface area contributed by atoms with Crippen molar-refractivity contribution in [2.24, 2.45) is 0 Å². The maximum atomic E-state index is 5.72. The maximum Gasteiger partial charge on any atom is 0.324 e. The van der Waals surface area contributed by atoms with Crippen molar-refractivity contribution < 1.29 is 14.2 Å². The summed E-state index contributed by atoms with van der Waals surface area (Å²) in [5.74, 6) is 0. The third-order valence-corrected chi connectivity index (χ3v) is 2.17. The van der Waals surface area contributed by atoms with Crippen LogP contribution in [0.15, 0.2) is 0 Å². The molecule has 0 bridgehead atoms. The lowest BCUT2D eigenvalue weighted by atomic mass is 10.3. The van der Waals surface area contributed by atoms with E-state index in [-0.39, 0.29) is 23.4 Å². The predicted molar refractivity (Wildman–Crippen MR) is 55.9 cm³/mol. The molecule has 16 heavy (non-hydrogen) atoms. The zero-order valence-electron chi connectivity index (χ0n) is 8.85. The molecule has 1 aliphatic heterocycles. The highest BCUT2D eigenvalue weighted by atomic mass is 35.5. The molecule has 7 heteroatoms. The Morgan fingerprint density at radius 3 is 2.88 bits per heavy atom. The number of hydrogen-bond donors (Lipinski definition) is 0. The Morgan fingerprint density at radius 2 is 2.19 bits per heavy atom. The molecule has 1 saturated heterocycles. The number of aromatic nitrogens is 3. The summed E-state index contributed by atoms with van der Waals surface area (Å²) in [5.41, 5.74) is 0. The quantitative estimate of drug-likeness (QED) is 0.791. The van der Waals surface area contributed by atoms with Gasteiger partial charge in [-0.2, -0.15) is 9.97 Å². The van der Waals surface area contributed by atoms with Crippen molar-refractivity contribution in [3.8, 4) is 12.0 Å². The van der Waals surface area contributed by atoms with E-state index in [1.54, 1.807) is 0 Å². The number of nitrogens with zero attached hydrogens (tertiary/aromatic N) is 3. The number of rotatable bonds is 4. The van der Waals surface area contributed by atoms with Crippen LogP contribution in [0.3, 0.4) is 0 Å². The summed E-state index contributed by atoms with van der Waals surface area (Å²) in [6, 6.07) is 0.357. The van der Waals surface area contributed by atoms with Crippen molar-refractivity contribution in [2.45, 2.75) is 19.4 Å². The topological polar surface area (TPSA) is 66.4 Å². The van der Waals surface area contributed by atoms with Crippen LogP contribution in [-0.2, 0) is 4.74 Å².